The molecule has 0 aromatic heterocycles. The first-order valence-corrected chi connectivity index (χ1v) is 8.41. The van der Waals surface area contributed by atoms with Crippen LogP contribution >= 0.6 is 11.8 Å². The van der Waals surface area contributed by atoms with E-state index in [1.807, 2.05) is 24.9 Å². The number of benzene rings is 1. The second kappa shape index (κ2) is 7.89. The van der Waals surface area contributed by atoms with Crippen molar-refractivity contribution in [3.8, 4) is 5.75 Å². The molecule has 20 heavy (non-hydrogen) atoms. The quantitative estimate of drug-likeness (QED) is 0.852. The SMILES string of the molecule is CNC(CSC1CCCCC1)c1ccc(OC)c(F)c1. The minimum Gasteiger partial charge on any atom is -0.494 e. The summed E-state index contributed by atoms with van der Waals surface area (Å²) in [6.07, 6.45) is 6.77. The summed E-state index contributed by atoms with van der Waals surface area (Å²) < 4.78 is 18.8. The van der Waals surface area contributed by atoms with E-state index in [9.17, 15) is 4.39 Å². The van der Waals surface area contributed by atoms with Gasteiger partial charge in [-0.1, -0.05) is 25.3 Å². The number of hydrogen-bond acceptors (Lipinski definition) is 3. The van der Waals surface area contributed by atoms with Crippen LogP contribution in [0.1, 0.15) is 43.7 Å². The summed E-state index contributed by atoms with van der Waals surface area (Å²) in [6.45, 7) is 0. The second-order valence-electron chi connectivity index (χ2n) is 5.33. The summed E-state index contributed by atoms with van der Waals surface area (Å²) in [7, 11) is 3.43. The van der Waals surface area contributed by atoms with Crippen LogP contribution in [0.25, 0.3) is 0 Å². The zero-order valence-electron chi connectivity index (χ0n) is 12.3. The van der Waals surface area contributed by atoms with Gasteiger partial charge in [0.15, 0.2) is 11.6 Å². The van der Waals surface area contributed by atoms with Crippen LogP contribution < -0.4 is 10.1 Å². The van der Waals surface area contributed by atoms with E-state index in [1.54, 1.807) is 12.1 Å². The van der Waals surface area contributed by atoms with Crippen LogP contribution in [0.5, 0.6) is 5.75 Å². The molecule has 1 saturated carbocycles. The Kier molecular flexibility index (Phi) is 6.17. The number of nitrogens with one attached hydrogen (secondary N) is 1. The zero-order valence-corrected chi connectivity index (χ0v) is 13.1. The van der Waals surface area contributed by atoms with Crippen LogP contribution in [0.4, 0.5) is 4.39 Å². The van der Waals surface area contributed by atoms with Crippen LogP contribution in [0.2, 0.25) is 0 Å². The average molecular weight is 297 g/mol. The summed E-state index contributed by atoms with van der Waals surface area (Å²) in [6, 6.07) is 5.44. The molecular weight excluding hydrogens is 273 g/mol. The monoisotopic (exact) mass is 297 g/mol. The summed E-state index contributed by atoms with van der Waals surface area (Å²) in [5.41, 5.74) is 0.995. The number of thioether (sulfide) groups is 1. The zero-order chi connectivity index (χ0) is 14.4. The molecule has 0 bridgehead atoms. The second-order valence-corrected chi connectivity index (χ2v) is 6.66. The highest BCUT2D eigenvalue weighted by molar-refractivity contribution is 7.99. The maximum Gasteiger partial charge on any atom is 0.165 e. The highest BCUT2D eigenvalue weighted by Crippen LogP contribution is 2.31. The van der Waals surface area contributed by atoms with Gasteiger partial charge in [-0.05, 0) is 37.6 Å². The molecule has 112 valence electrons. The standard InChI is InChI=1S/C16H24FNOS/c1-18-15(11-20-13-6-4-3-5-7-13)12-8-9-16(19-2)14(17)10-12/h8-10,13,15,18H,3-7,11H2,1-2H3. The molecule has 1 fully saturated rings. The number of hydrogen-bond donors (Lipinski definition) is 1. The van der Waals surface area contributed by atoms with Crippen molar-refractivity contribution < 1.29 is 9.13 Å². The topological polar surface area (TPSA) is 21.3 Å². The molecule has 0 radical (unpaired) electrons. The van der Waals surface area contributed by atoms with Gasteiger partial charge in [-0.25, -0.2) is 4.39 Å². The first-order chi connectivity index (χ1) is 9.74. The molecule has 2 nitrogen and oxygen atoms in total. The smallest absolute Gasteiger partial charge is 0.165 e. The normalized spacial score (nSPS) is 17.9. The number of halogens is 1. The lowest BCUT2D eigenvalue weighted by molar-refractivity contribution is 0.385. The third-order valence-electron chi connectivity index (χ3n) is 3.98. The van der Waals surface area contributed by atoms with Crippen LogP contribution in [0.3, 0.4) is 0 Å². The van der Waals surface area contributed by atoms with Crippen LogP contribution in [0, 0.1) is 5.82 Å². The Balaban J connectivity index is 1.94. The molecule has 0 amide bonds. The van der Waals surface area contributed by atoms with Crippen molar-refractivity contribution in [1.29, 1.82) is 0 Å². The summed E-state index contributed by atoms with van der Waals surface area (Å²) >= 11 is 2.02. The molecule has 1 unspecified atom stereocenters. The van der Waals surface area contributed by atoms with Crippen LogP contribution in [0.15, 0.2) is 18.2 Å². The van der Waals surface area contributed by atoms with Gasteiger partial charge in [0.2, 0.25) is 0 Å². The van der Waals surface area contributed by atoms with Gasteiger partial charge < -0.3 is 10.1 Å². The predicted octanol–water partition coefficient (Wildman–Crippen LogP) is 4.16. The van der Waals surface area contributed by atoms with Crippen LogP contribution in [-0.4, -0.2) is 25.2 Å². The average Bonchev–Trinajstić information content (AvgIpc) is 2.49. The third-order valence-corrected chi connectivity index (χ3v) is 5.45. The first-order valence-electron chi connectivity index (χ1n) is 7.37. The van der Waals surface area contributed by atoms with E-state index in [2.05, 4.69) is 5.32 Å². The fourth-order valence-corrected chi connectivity index (χ4v) is 4.20. The lowest BCUT2D eigenvalue weighted by Gasteiger charge is -2.24. The minimum atomic E-state index is -0.284. The molecule has 1 N–H and O–H groups in total. The molecular formula is C16H24FNOS. The van der Waals surface area contributed by atoms with Gasteiger partial charge in [-0.2, -0.15) is 11.8 Å². The molecule has 4 heteroatoms. The fourth-order valence-electron chi connectivity index (χ4n) is 2.71. The van der Waals surface area contributed by atoms with E-state index >= 15 is 0 Å². The van der Waals surface area contributed by atoms with Crippen LogP contribution in [-0.2, 0) is 0 Å². The van der Waals surface area contributed by atoms with E-state index < -0.39 is 0 Å². The van der Waals surface area contributed by atoms with Crippen molar-refractivity contribution in [3.05, 3.63) is 29.6 Å². The Morgan fingerprint density at radius 2 is 2.10 bits per heavy atom. The molecule has 1 aromatic rings. The van der Waals surface area contributed by atoms with Gasteiger partial charge in [0, 0.05) is 17.0 Å². The van der Waals surface area contributed by atoms with Crippen molar-refractivity contribution in [2.24, 2.45) is 0 Å². The van der Waals surface area contributed by atoms with Gasteiger partial charge in [-0.3, -0.25) is 0 Å². The molecule has 0 aliphatic heterocycles. The maximum atomic E-state index is 13.8. The Bertz CT molecular complexity index is 421. The predicted molar refractivity (Wildman–Crippen MR) is 84.1 cm³/mol. The fraction of sp³-hybridized carbons (Fsp3) is 0.625. The van der Waals surface area contributed by atoms with Gasteiger partial charge in [-0.15, -0.1) is 0 Å². The van der Waals surface area contributed by atoms with Gasteiger partial charge in [0.05, 0.1) is 7.11 Å². The van der Waals surface area contributed by atoms with Crippen molar-refractivity contribution in [2.45, 2.75) is 43.4 Å². The summed E-state index contributed by atoms with van der Waals surface area (Å²) in [5, 5.41) is 4.07. The molecule has 1 aliphatic carbocycles. The van der Waals surface area contributed by atoms with E-state index in [0.717, 1.165) is 16.6 Å². The van der Waals surface area contributed by atoms with Gasteiger partial charge >= 0.3 is 0 Å². The largest absolute Gasteiger partial charge is 0.494 e. The lowest BCUT2D eigenvalue weighted by atomic mass is 10.0. The number of rotatable bonds is 6. The van der Waals surface area contributed by atoms with E-state index in [1.165, 1.54) is 39.2 Å². The van der Waals surface area contributed by atoms with Crippen molar-refractivity contribution >= 4 is 11.8 Å². The lowest BCUT2D eigenvalue weighted by Crippen LogP contribution is -2.21. The Labute approximate surface area is 125 Å². The molecule has 1 aliphatic rings. The van der Waals surface area contributed by atoms with Crippen molar-refractivity contribution in [1.82, 2.24) is 5.32 Å². The highest BCUT2D eigenvalue weighted by Gasteiger charge is 2.17. The van der Waals surface area contributed by atoms with E-state index in [-0.39, 0.29) is 11.9 Å². The molecule has 1 atom stereocenters. The maximum absolute atomic E-state index is 13.8. The van der Waals surface area contributed by atoms with Gasteiger partial charge in [0.1, 0.15) is 0 Å². The third kappa shape index (κ3) is 4.13. The molecule has 2 rings (SSSR count). The van der Waals surface area contributed by atoms with Crippen molar-refractivity contribution in [3.63, 3.8) is 0 Å². The Hall–Kier alpha value is -0.740. The minimum absolute atomic E-state index is 0.197. The molecule has 0 spiro atoms. The molecule has 1 aromatic carbocycles. The molecule has 0 heterocycles. The first kappa shape index (κ1) is 15.6. The van der Waals surface area contributed by atoms with Crippen molar-refractivity contribution in [2.75, 3.05) is 19.9 Å². The Morgan fingerprint density at radius 1 is 1.35 bits per heavy atom. The number of ether oxygens (including phenoxy) is 1. The summed E-state index contributed by atoms with van der Waals surface area (Å²) in [4.78, 5) is 0. The number of methoxy groups -OCH3 is 1. The molecule has 0 saturated heterocycles. The van der Waals surface area contributed by atoms with E-state index in [0.29, 0.717) is 5.75 Å². The summed E-state index contributed by atoms with van der Waals surface area (Å²) in [5.74, 6) is 1.02. The Morgan fingerprint density at radius 3 is 2.70 bits per heavy atom. The van der Waals surface area contributed by atoms with Gasteiger partial charge in [0.25, 0.3) is 0 Å². The van der Waals surface area contributed by atoms with E-state index in [4.69, 9.17) is 4.74 Å². The highest BCUT2D eigenvalue weighted by atomic mass is 32.2.